The van der Waals surface area contributed by atoms with Crippen LogP contribution in [0.4, 0.5) is 5.95 Å². The Kier molecular flexibility index (Phi) is 5.02. The molecular formula is C13H22N4S. The van der Waals surface area contributed by atoms with Gasteiger partial charge in [0.25, 0.3) is 0 Å². The zero-order valence-corrected chi connectivity index (χ0v) is 12.6. The molecule has 0 aliphatic rings. The number of aromatic nitrogens is 2. The van der Waals surface area contributed by atoms with Gasteiger partial charge in [-0.3, -0.25) is 0 Å². The third-order valence-electron chi connectivity index (χ3n) is 2.54. The molecule has 1 aromatic heterocycles. The van der Waals surface area contributed by atoms with E-state index in [2.05, 4.69) is 42.6 Å². The molecule has 0 atom stereocenters. The van der Waals surface area contributed by atoms with E-state index in [0.29, 0.717) is 28.6 Å². The number of anilines is 1. The summed E-state index contributed by atoms with van der Waals surface area (Å²) in [6, 6.07) is 2.16. The van der Waals surface area contributed by atoms with Crippen LogP contribution < -0.4 is 10.6 Å². The standard InChI is InChI=1S/C13H22N4S/c1-8(2)7-17(9(3)4)13-15-10(5)6-11(16-13)12(14)18/h6,8-9H,7H2,1-5H3,(H2,14,18). The smallest absolute Gasteiger partial charge is 0.226 e. The molecule has 1 heterocycles. The molecule has 0 amide bonds. The summed E-state index contributed by atoms with van der Waals surface area (Å²) in [5.41, 5.74) is 7.18. The molecule has 0 saturated heterocycles. The fourth-order valence-electron chi connectivity index (χ4n) is 1.72. The molecule has 5 heteroatoms. The molecule has 2 N–H and O–H groups in total. The Bertz CT molecular complexity index is 429. The van der Waals surface area contributed by atoms with Crippen molar-refractivity contribution in [3.05, 3.63) is 17.5 Å². The van der Waals surface area contributed by atoms with Gasteiger partial charge in [0, 0.05) is 18.3 Å². The Morgan fingerprint density at radius 3 is 2.39 bits per heavy atom. The summed E-state index contributed by atoms with van der Waals surface area (Å²) in [7, 11) is 0. The molecule has 0 unspecified atom stereocenters. The Morgan fingerprint density at radius 1 is 1.33 bits per heavy atom. The van der Waals surface area contributed by atoms with Crippen LogP contribution in [0, 0.1) is 12.8 Å². The van der Waals surface area contributed by atoms with Crippen molar-refractivity contribution in [2.75, 3.05) is 11.4 Å². The van der Waals surface area contributed by atoms with Crippen LogP contribution in [0.3, 0.4) is 0 Å². The summed E-state index contributed by atoms with van der Waals surface area (Å²) in [6.07, 6.45) is 0. The van der Waals surface area contributed by atoms with Crippen molar-refractivity contribution in [1.82, 2.24) is 9.97 Å². The fraction of sp³-hybridized carbons (Fsp3) is 0.615. The molecule has 0 aliphatic heterocycles. The first kappa shape index (κ1) is 14.8. The highest BCUT2D eigenvalue weighted by Gasteiger charge is 2.16. The lowest BCUT2D eigenvalue weighted by atomic mass is 10.2. The van der Waals surface area contributed by atoms with Crippen LogP contribution in [-0.2, 0) is 0 Å². The van der Waals surface area contributed by atoms with Crippen LogP contribution in [0.15, 0.2) is 6.07 Å². The molecule has 100 valence electrons. The zero-order chi connectivity index (χ0) is 13.9. The normalized spacial score (nSPS) is 11.1. The average molecular weight is 266 g/mol. The first-order valence-corrected chi connectivity index (χ1v) is 6.64. The number of hydrogen-bond acceptors (Lipinski definition) is 4. The number of nitrogens with two attached hydrogens (primary N) is 1. The maximum Gasteiger partial charge on any atom is 0.226 e. The molecule has 0 radical (unpaired) electrons. The van der Waals surface area contributed by atoms with Gasteiger partial charge in [0.1, 0.15) is 10.7 Å². The molecule has 0 aliphatic carbocycles. The lowest BCUT2D eigenvalue weighted by Crippen LogP contribution is -2.36. The summed E-state index contributed by atoms with van der Waals surface area (Å²) in [6.45, 7) is 11.5. The van der Waals surface area contributed by atoms with E-state index < -0.39 is 0 Å². The second-order valence-corrected chi connectivity index (χ2v) is 5.64. The summed E-state index contributed by atoms with van der Waals surface area (Å²) < 4.78 is 0. The van der Waals surface area contributed by atoms with Crippen molar-refractivity contribution in [3.63, 3.8) is 0 Å². The molecular weight excluding hydrogens is 244 g/mol. The highest BCUT2D eigenvalue weighted by molar-refractivity contribution is 7.80. The van der Waals surface area contributed by atoms with Gasteiger partial charge in [-0.1, -0.05) is 26.1 Å². The lowest BCUT2D eigenvalue weighted by molar-refractivity contribution is 0.559. The Hall–Kier alpha value is -1.23. The third kappa shape index (κ3) is 3.91. The minimum absolute atomic E-state index is 0.315. The van der Waals surface area contributed by atoms with Crippen molar-refractivity contribution < 1.29 is 0 Å². The highest BCUT2D eigenvalue weighted by Crippen LogP contribution is 2.15. The maximum atomic E-state index is 5.65. The van der Waals surface area contributed by atoms with Crippen molar-refractivity contribution in [3.8, 4) is 0 Å². The van der Waals surface area contributed by atoms with Crippen LogP contribution in [0.2, 0.25) is 0 Å². The van der Waals surface area contributed by atoms with E-state index in [1.54, 1.807) is 0 Å². The van der Waals surface area contributed by atoms with Gasteiger partial charge in [0.2, 0.25) is 5.95 Å². The molecule has 0 saturated carbocycles. The molecule has 0 aromatic carbocycles. The van der Waals surface area contributed by atoms with E-state index >= 15 is 0 Å². The topological polar surface area (TPSA) is 55.0 Å². The summed E-state index contributed by atoms with van der Waals surface area (Å²) >= 11 is 4.99. The predicted molar refractivity (Wildman–Crippen MR) is 80.0 cm³/mol. The SMILES string of the molecule is Cc1cc(C(N)=S)nc(N(CC(C)C)C(C)C)n1. The first-order valence-electron chi connectivity index (χ1n) is 6.23. The molecule has 1 rings (SSSR count). The van der Waals surface area contributed by atoms with Crippen molar-refractivity contribution in [2.45, 2.75) is 40.7 Å². The van der Waals surface area contributed by atoms with E-state index in [-0.39, 0.29) is 0 Å². The first-order chi connectivity index (χ1) is 8.31. The summed E-state index contributed by atoms with van der Waals surface area (Å²) in [5.74, 6) is 1.26. The van der Waals surface area contributed by atoms with E-state index in [0.717, 1.165) is 12.2 Å². The fourth-order valence-corrected chi connectivity index (χ4v) is 1.83. The second kappa shape index (κ2) is 6.09. The zero-order valence-electron chi connectivity index (χ0n) is 11.8. The Labute approximate surface area is 115 Å². The van der Waals surface area contributed by atoms with Crippen molar-refractivity contribution >= 4 is 23.2 Å². The minimum atomic E-state index is 0.315. The average Bonchev–Trinajstić information content (AvgIpc) is 2.24. The van der Waals surface area contributed by atoms with Gasteiger partial charge in [0.15, 0.2) is 0 Å². The van der Waals surface area contributed by atoms with Gasteiger partial charge in [-0.2, -0.15) is 0 Å². The van der Waals surface area contributed by atoms with Crippen LogP contribution in [0.1, 0.15) is 39.1 Å². The van der Waals surface area contributed by atoms with Crippen LogP contribution in [0.25, 0.3) is 0 Å². The Morgan fingerprint density at radius 2 is 1.94 bits per heavy atom. The van der Waals surface area contributed by atoms with E-state index in [4.69, 9.17) is 18.0 Å². The van der Waals surface area contributed by atoms with Crippen LogP contribution in [-0.4, -0.2) is 27.5 Å². The molecule has 4 nitrogen and oxygen atoms in total. The molecule has 0 fully saturated rings. The minimum Gasteiger partial charge on any atom is -0.388 e. The molecule has 1 aromatic rings. The monoisotopic (exact) mass is 266 g/mol. The van der Waals surface area contributed by atoms with Crippen molar-refractivity contribution in [1.29, 1.82) is 0 Å². The van der Waals surface area contributed by atoms with Crippen LogP contribution in [0.5, 0.6) is 0 Å². The number of thiocarbonyl (C=S) groups is 1. The highest BCUT2D eigenvalue weighted by atomic mass is 32.1. The maximum absolute atomic E-state index is 5.65. The van der Waals surface area contributed by atoms with Gasteiger partial charge >= 0.3 is 0 Å². The summed E-state index contributed by atoms with van der Waals surface area (Å²) in [5, 5.41) is 0. The van der Waals surface area contributed by atoms with Gasteiger partial charge in [-0.15, -0.1) is 0 Å². The van der Waals surface area contributed by atoms with Gasteiger partial charge < -0.3 is 10.6 Å². The molecule has 0 bridgehead atoms. The van der Waals surface area contributed by atoms with E-state index in [1.165, 1.54) is 0 Å². The Balaban J connectivity index is 3.15. The van der Waals surface area contributed by atoms with Crippen molar-refractivity contribution in [2.24, 2.45) is 11.7 Å². The quantitative estimate of drug-likeness (QED) is 0.829. The van der Waals surface area contributed by atoms with Crippen LogP contribution >= 0.6 is 12.2 Å². The number of hydrogen-bond donors (Lipinski definition) is 1. The van der Waals surface area contributed by atoms with Gasteiger partial charge in [-0.05, 0) is 32.8 Å². The van der Waals surface area contributed by atoms with E-state index in [9.17, 15) is 0 Å². The largest absolute Gasteiger partial charge is 0.388 e. The second-order valence-electron chi connectivity index (χ2n) is 5.20. The number of rotatable bonds is 5. The lowest BCUT2D eigenvalue weighted by Gasteiger charge is -2.28. The van der Waals surface area contributed by atoms with E-state index in [1.807, 2.05) is 13.0 Å². The number of aryl methyl sites for hydroxylation is 1. The number of nitrogens with zero attached hydrogens (tertiary/aromatic N) is 3. The van der Waals surface area contributed by atoms with Gasteiger partial charge in [0.05, 0.1) is 0 Å². The van der Waals surface area contributed by atoms with Gasteiger partial charge in [-0.25, -0.2) is 9.97 Å². The molecule has 0 spiro atoms. The third-order valence-corrected chi connectivity index (χ3v) is 2.75. The summed E-state index contributed by atoms with van der Waals surface area (Å²) in [4.78, 5) is 11.4. The predicted octanol–water partition coefficient (Wildman–Crippen LogP) is 2.29. The molecule has 18 heavy (non-hydrogen) atoms.